The average Bonchev–Trinajstić information content (AvgIpc) is 2.42. The molecule has 0 fully saturated rings. The number of hydrogen-bond acceptors (Lipinski definition) is 3. The van der Waals surface area contributed by atoms with Crippen molar-refractivity contribution in [1.82, 2.24) is 4.90 Å². The second-order valence-corrected chi connectivity index (χ2v) is 4.82. The summed E-state index contributed by atoms with van der Waals surface area (Å²) >= 11 is 0. The van der Waals surface area contributed by atoms with E-state index in [1.807, 2.05) is 26.8 Å². The first-order valence-electron chi connectivity index (χ1n) is 6.63. The zero-order chi connectivity index (χ0) is 15.1. The SMILES string of the molecule is Cc1ccc(C#CCO)c(C(=O)N(CCO)C(C)C)c1. The topological polar surface area (TPSA) is 60.8 Å². The number of nitrogens with zero attached hydrogens (tertiary/aromatic N) is 1. The predicted molar refractivity (Wildman–Crippen MR) is 78.4 cm³/mol. The van der Waals surface area contributed by atoms with Gasteiger partial charge in [0.05, 0.1) is 12.2 Å². The molecule has 4 nitrogen and oxygen atoms in total. The van der Waals surface area contributed by atoms with Crippen molar-refractivity contribution in [3.63, 3.8) is 0 Å². The molecule has 1 amide bonds. The summed E-state index contributed by atoms with van der Waals surface area (Å²) < 4.78 is 0. The van der Waals surface area contributed by atoms with Gasteiger partial charge in [0.25, 0.3) is 5.91 Å². The van der Waals surface area contributed by atoms with Crippen molar-refractivity contribution >= 4 is 5.91 Å². The Kier molecular flexibility index (Phi) is 6.23. The molecule has 4 heteroatoms. The molecule has 0 atom stereocenters. The number of hydrogen-bond donors (Lipinski definition) is 2. The van der Waals surface area contributed by atoms with Crippen molar-refractivity contribution in [1.29, 1.82) is 0 Å². The molecule has 20 heavy (non-hydrogen) atoms. The Balaban J connectivity index is 3.21. The van der Waals surface area contributed by atoms with Crippen molar-refractivity contribution < 1.29 is 15.0 Å². The van der Waals surface area contributed by atoms with E-state index in [4.69, 9.17) is 10.2 Å². The van der Waals surface area contributed by atoms with Gasteiger partial charge in [-0.3, -0.25) is 4.79 Å². The largest absolute Gasteiger partial charge is 0.395 e. The zero-order valence-corrected chi connectivity index (χ0v) is 12.2. The zero-order valence-electron chi connectivity index (χ0n) is 12.2. The smallest absolute Gasteiger partial charge is 0.255 e. The summed E-state index contributed by atoms with van der Waals surface area (Å²) in [5, 5.41) is 17.9. The maximum Gasteiger partial charge on any atom is 0.255 e. The van der Waals surface area contributed by atoms with E-state index in [2.05, 4.69) is 11.8 Å². The lowest BCUT2D eigenvalue weighted by atomic mass is 10.0. The van der Waals surface area contributed by atoms with Crippen molar-refractivity contribution in [2.45, 2.75) is 26.8 Å². The molecule has 0 radical (unpaired) electrons. The first-order valence-corrected chi connectivity index (χ1v) is 6.63. The molecule has 0 saturated heterocycles. The number of amides is 1. The van der Waals surface area contributed by atoms with Gasteiger partial charge in [0.1, 0.15) is 6.61 Å². The van der Waals surface area contributed by atoms with E-state index >= 15 is 0 Å². The van der Waals surface area contributed by atoms with Crippen LogP contribution in [0.2, 0.25) is 0 Å². The van der Waals surface area contributed by atoms with Gasteiger partial charge in [-0.1, -0.05) is 23.5 Å². The van der Waals surface area contributed by atoms with Gasteiger partial charge in [0, 0.05) is 18.2 Å². The molecule has 0 aliphatic rings. The minimum atomic E-state index is -0.244. The molecule has 0 aliphatic heterocycles. The van der Waals surface area contributed by atoms with Crippen LogP contribution in [0.4, 0.5) is 0 Å². The number of aliphatic hydroxyl groups is 2. The Labute approximate surface area is 120 Å². The monoisotopic (exact) mass is 275 g/mol. The highest BCUT2D eigenvalue weighted by Crippen LogP contribution is 2.15. The van der Waals surface area contributed by atoms with Gasteiger partial charge in [-0.15, -0.1) is 0 Å². The van der Waals surface area contributed by atoms with Crippen LogP contribution in [0.5, 0.6) is 0 Å². The van der Waals surface area contributed by atoms with Crippen molar-refractivity contribution in [2.75, 3.05) is 19.8 Å². The third kappa shape index (κ3) is 4.09. The van der Waals surface area contributed by atoms with E-state index in [-0.39, 0.29) is 31.7 Å². The van der Waals surface area contributed by atoms with Crippen LogP contribution in [0.1, 0.15) is 35.3 Å². The minimum absolute atomic E-state index is 0.00573. The summed E-state index contributed by atoms with van der Waals surface area (Å²) in [5.41, 5.74) is 2.07. The second-order valence-electron chi connectivity index (χ2n) is 4.82. The number of carbonyl (C=O) groups excluding carboxylic acids is 1. The number of benzene rings is 1. The van der Waals surface area contributed by atoms with E-state index in [0.29, 0.717) is 11.1 Å². The fraction of sp³-hybridized carbons (Fsp3) is 0.438. The predicted octanol–water partition coefficient (Wildman–Crippen LogP) is 1.18. The molecule has 0 aliphatic carbocycles. The van der Waals surface area contributed by atoms with Gasteiger partial charge in [-0.05, 0) is 32.9 Å². The number of aliphatic hydroxyl groups excluding tert-OH is 2. The molecule has 0 unspecified atom stereocenters. The second kappa shape index (κ2) is 7.68. The summed E-state index contributed by atoms with van der Waals surface area (Å²) in [6.45, 7) is 5.69. The van der Waals surface area contributed by atoms with Gasteiger partial charge in [0.2, 0.25) is 0 Å². The lowest BCUT2D eigenvalue weighted by Crippen LogP contribution is -2.39. The van der Waals surface area contributed by atoms with Gasteiger partial charge >= 0.3 is 0 Å². The van der Waals surface area contributed by atoms with Gasteiger partial charge in [-0.2, -0.15) is 0 Å². The lowest BCUT2D eigenvalue weighted by Gasteiger charge is -2.26. The average molecular weight is 275 g/mol. The maximum atomic E-state index is 12.6. The highest BCUT2D eigenvalue weighted by Gasteiger charge is 2.20. The molecule has 0 aromatic heterocycles. The molecule has 1 rings (SSSR count). The van der Waals surface area contributed by atoms with E-state index < -0.39 is 0 Å². The molecule has 0 saturated carbocycles. The molecule has 2 N–H and O–H groups in total. The van der Waals surface area contributed by atoms with Crippen LogP contribution >= 0.6 is 0 Å². The molecule has 108 valence electrons. The van der Waals surface area contributed by atoms with E-state index in [9.17, 15) is 4.79 Å². The molecule has 1 aromatic rings. The van der Waals surface area contributed by atoms with E-state index in [0.717, 1.165) is 5.56 Å². The summed E-state index contributed by atoms with van der Waals surface area (Å²) in [5.74, 6) is 5.21. The fourth-order valence-electron chi connectivity index (χ4n) is 1.94. The highest BCUT2D eigenvalue weighted by atomic mass is 16.3. The quantitative estimate of drug-likeness (QED) is 0.811. The maximum absolute atomic E-state index is 12.6. The standard InChI is InChI=1S/C16H21NO3/c1-12(2)17(8-10-19)16(20)15-11-13(3)6-7-14(15)5-4-9-18/h6-7,11-12,18-19H,8-10H2,1-3H3. The molecule has 0 bridgehead atoms. The van der Waals surface area contributed by atoms with Crippen molar-refractivity contribution in [3.8, 4) is 11.8 Å². The Morgan fingerprint density at radius 2 is 2.05 bits per heavy atom. The van der Waals surface area contributed by atoms with Crippen LogP contribution in [0.3, 0.4) is 0 Å². The Bertz CT molecular complexity index is 526. The minimum Gasteiger partial charge on any atom is -0.395 e. The highest BCUT2D eigenvalue weighted by molar-refractivity contribution is 5.97. The molecular formula is C16H21NO3. The molecular weight excluding hydrogens is 254 g/mol. The number of carbonyl (C=O) groups is 1. The summed E-state index contributed by atoms with van der Waals surface area (Å²) in [6.07, 6.45) is 0. The van der Waals surface area contributed by atoms with Crippen LogP contribution in [-0.2, 0) is 0 Å². The van der Waals surface area contributed by atoms with Gasteiger partial charge in [-0.25, -0.2) is 0 Å². The first-order chi connectivity index (χ1) is 9.51. The molecule has 0 heterocycles. The van der Waals surface area contributed by atoms with Crippen molar-refractivity contribution in [2.24, 2.45) is 0 Å². The number of rotatable bonds is 4. The van der Waals surface area contributed by atoms with E-state index in [1.165, 1.54) is 0 Å². The van der Waals surface area contributed by atoms with Gasteiger partial charge in [0.15, 0.2) is 0 Å². The van der Waals surface area contributed by atoms with Crippen LogP contribution in [0.25, 0.3) is 0 Å². The Morgan fingerprint density at radius 1 is 1.35 bits per heavy atom. The third-order valence-corrected chi connectivity index (χ3v) is 2.93. The number of aryl methyl sites for hydroxylation is 1. The Hall–Kier alpha value is -1.83. The first kappa shape index (κ1) is 16.2. The van der Waals surface area contributed by atoms with Crippen LogP contribution < -0.4 is 0 Å². The van der Waals surface area contributed by atoms with Crippen LogP contribution in [-0.4, -0.2) is 46.8 Å². The Morgan fingerprint density at radius 3 is 2.60 bits per heavy atom. The normalized spacial score (nSPS) is 10.1. The molecule has 0 spiro atoms. The summed E-state index contributed by atoms with van der Waals surface area (Å²) in [7, 11) is 0. The van der Waals surface area contributed by atoms with Crippen molar-refractivity contribution in [3.05, 3.63) is 34.9 Å². The van der Waals surface area contributed by atoms with Gasteiger partial charge < -0.3 is 15.1 Å². The van der Waals surface area contributed by atoms with Crippen LogP contribution in [0.15, 0.2) is 18.2 Å². The molecule has 1 aromatic carbocycles. The summed E-state index contributed by atoms with van der Waals surface area (Å²) in [4.78, 5) is 14.2. The van der Waals surface area contributed by atoms with Crippen LogP contribution in [0, 0.1) is 18.8 Å². The third-order valence-electron chi connectivity index (χ3n) is 2.93. The lowest BCUT2D eigenvalue weighted by molar-refractivity contribution is 0.0665. The summed E-state index contributed by atoms with van der Waals surface area (Å²) in [6, 6.07) is 5.44. The fourth-order valence-corrected chi connectivity index (χ4v) is 1.94. The van der Waals surface area contributed by atoms with E-state index in [1.54, 1.807) is 17.0 Å².